The number of piperidine rings is 2. The third-order valence-corrected chi connectivity index (χ3v) is 8.55. The van der Waals surface area contributed by atoms with E-state index in [9.17, 15) is 4.79 Å². The van der Waals surface area contributed by atoms with Crippen LogP contribution in [0.2, 0.25) is 0 Å². The quantitative estimate of drug-likeness (QED) is 0.553. The van der Waals surface area contributed by atoms with Crippen molar-refractivity contribution in [2.24, 2.45) is 7.05 Å². The van der Waals surface area contributed by atoms with E-state index in [1.54, 1.807) is 23.0 Å². The van der Waals surface area contributed by atoms with Crippen LogP contribution in [-0.2, 0) is 23.8 Å². The van der Waals surface area contributed by atoms with Crippen molar-refractivity contribution in [3.8, 4) is 11.1 Å². The third-order valence-electron chi connectivity index (χ3n) is 8.55. The van der Waals surface area contributed by atoms with Gasteiger partial charge in [-0.15, -0.1) is 0 Å². The number of carbonyl (C=O) groups excluding carboxylic acids is 1. The van der Waals surface area contributed by atoms with E-state index in [1.165, 1.54) is 19.4 Å². The molecule has 0 bridgehead atoms. The van der Waals surface area contributed by atoms with E-state index in [0.717, 1.165) is 54.9 Å². The topological polar surface area (TPSA) is 44.6 Å². The van der Waals surface area contributed by atoms with Gasteiger partial charge in [0.25, 0.3) is 0 Å². The zero-order valence-corrected chi connectivity index (χ0v) is 21.2. The van der Waals surface area contributed by atoms with Crippen LogP contribution < -0.4 is 4.90 Å². The number of para-hydroxylation sites is 1. The molecule has 36 heavy (non-hydrogen) atoms. The molecule has 0 aliphatic carbocycles. The Morgan fingerprint density at radius 1 is 1.06 bits per heavy atom. The van der Waals surface area contributed by atoms with Crippen molar-refractivity contribution >= 4 is 11.6 Å². The average molecular weight is 488 g/mol. The van der Waals surface area contributed by atoms with Crippen molar-refractivity contribution in [3.05, 3.63) is 71.8 Å². The first kappa shape index (κ1) is 23.4. The summed E-state index contributed by atoms with van der Waals surface area (Å²) in [6.45, 7) is 4.39. The molecule has 188 valence electrons. The largest absolute Gasteiger partial charge is 0.307 e. The summed E-state index contributed by atoms with van der Waals surface area (Å²) in [6.07, 6.45) is 7.72. The second-order valence-electron chi connectivity index (χ2n) is 10.8. The van der Waals surface area contributed by atoms with Crippen LogP contribution in [0.5, 0.6) is 0 Å². The standard InChI is InChI=1S/C29H34FN5O/c1-32-13-5-6-24(20-32)34-14-11-29(12-15-34)25-7-3-4-8-27(25)35(28(29)36)19-22-10-9-21(16-26(22)30)23-17-31-33(2)18-23/h3-4,7-10,16-18,24H,5-6,11-15,19-20H2,1-2H3. The maximum atomic E-state index is 15.2. The number of likely N-dealkylation sites (tertiary alicyclic amines) is 2. The van der Waals surface area contributed by atoms with Gasteiger partial charge >= 0.3 is 0 Å². The minimum atomic E-state index is -0.500. The minimum absolute atomic E-state index is 0.125. The van der Waals surface area contributed by atoms with Crippen LogP contribution in [-0.4, -0.2) is 64.8 Å². The van der Waals surface area contributed by atoms with E-state index >= 15 is 4.39 Å². The van der Waals surface area contributed by atoms with Crippen molar-refractivity contribution in [2.45, 2.75) is 43.7 Å². The molecule has 1 spiro atoms. The summed E-state index contributed by atoms with van der Waals surface area (Å²) < 4.78 is 17.0. The van der Waals surface area contributed by atoms with Gasteiger partial charge in [0.05, 0.1) is 18.2 Å². The highest BCUT2D eigenvalue weighted by Gasteiger charge is 2.52. The third kappa shape index (κ3) is 3.95. The first-order valence-electron chi connectivity index (χ1n) is 13.1. The van der Waals surface area contributed by atoms with Gasteiger partial charge in [-0.1, -0.05) is 30.3 Å². The van der Waals surface area contributed by atoms with E-state index < -0.39 is 5.41 Å². The Bertz CT molecular complexity index is 1280. The van der Waals surface area contributed by atoms with E-state index in [4.69, 9.17) is 0 Å². The van der Waals surface area contributed by atoms with Crippen molar-refractivity contribution in [1.82, 2.24) is 19.6 Å². The number of halogens is 1. The van der Waals surface area contributed by atoms with Crippen molar-refractivity contribution in [1.29, 1.82) is 0 Å². The number of hydrogen-bond acceptors (Lipinski definition) is 4. The Hall–Kier alpha value is -3.03. The molecule has 6 rings (SSSR count). The molecule has 0 radical (unpaired) electrons. The second-order valence-corrected chi connectivity index (χ2v) is 10.8. The van der Waals surface area contributed by atoms with Crippen molar-refractivity contribution in [3.63, 3.8) is 0 Å². The smallest absolute Gasteiger partial charge is 0.238 e. The second kappa shape index (κ2) is 9.12. The van der Waals surface area contributed by atoms with E-state index in [0.29, 0.717) is 11.6 Å². The molecule has 3 aromatic rings. The van der Waals surface area contributed by atoms with Gasteiger partial charge in [-0.25, -0.2) is 4.39 Å². The van der Waals surface area contributed by atoms with Gasteiger partial charge in [-0.3, -0.25) is 14.4 Å². The summed E-state index contributed by atoms with van der Waals surface area (Å²) in [4.78, 5) is 20.9. The molecule has 3 aliphatic heterocycles. The predicted octanol–water partition coefficient (Wildman–Crippen LogP) is 4.20. The van der Waals surface area contributed by atoms with Crippen LogP contribution in [0.3, 0.4) is 0 Å². The molecule has 3 aliphatic rings. The monoisotopic (exact) mass is 487 g/mol. The zero-order chi connectivity index (χ0) is 24.9. The Morgan fingerprint density at radius 2 is 1.86 bits per heavy atom. The SMILES string of the molecule is CN1CCCC(N2CCC3(CC2)C(=O)N(Cc2ccc(-c4cnn(C)c4)cc2F)c2ccccc23)C1. The molecule has 0 saturated carbocycles. The molecular weight excluding hydrogens is 453 g/mol. The van der Waals surface area contributed by atoms with Crippen LogP contribution >= 0.6 is 0 Å². The van der Waals surface area contributed by atoms with Gasteiger partial charge in [-0.05, 0) is 75.6 Å². The van der Waals surface area contributed by atoms with Crippen LogP contribution in [0.25, 0.3) is 11.1 Å². The average Bonchev–Trinajstić information content (AvgIpc) is 3.42. The fourth-order valence-corrected chi connectivity index (χ4v) is 6.54. The summed E-state index contributed by atoms with van der Waals surface area (Å²) >= 11 is 0. The van der Waals surface area contributed by atoms with E-state index in [2.05, 4.69) is 28.0 Å². The lowest BCUT2D eigenvalue weighted by atomic mass is 9.73. The highest BCUT2D eigenvalue weighted by atomic mass is 19.1. The van der Waals surface area contributed by atoms with Gasteiger partial charge in [0.1, 0.15) is 5.82 Å². The molecule has 1 amide bonds. The number of likely N-dealkylation sites (N-methyl/N-ethyl adjacent to an activating group) is 1. The molecule has 1 aromatic heterocycles. The minimum Gasteiger partial charge on any atom is -0.307 e. The summed E-state index contributed by atoms with van der Waals surface area (Å²) in [5, 5.41) is 4.19. The molecule has 2 fully saturated rings. The molecular formula is C29H34FN5O. The molecule has 2 saturated heterocycles. The fourth-order valence-electron chi connectivity index (χ4n) is 6.54. The summed E-state index contributed by atoms with van der Waals surface area (Å²) in [7, 11) is 4.05. The molecule has 0 N–H and O–H groups in total. The maximum Gasteiger partial charge on any atom is 0.238 e. The van der Waals surface area contributed by atoms with Crippen LogP contribution in [0.15, 0.2) is 54.9 Å². The number of aryl methyl sites for hydroxylation is 1. The number of benzene rings is 2. The maximum absolute atomic E-state index is 15.2. The molecule has 6 nitrogen and oxygen atoms in total. The van der Waals surface area contributed by atoms with Crippen molar-refractivity contribution < 1.29 is 9.18 Å². The number of fused-ring (bicyclic) bond motifs is 2. The van der Waals surface area contributed by atoms with Gasteiger partial charge in [0.2, 0.25) is 5.91 Å². The lowest BCUT2D eigenvalue weighted by Gasteiger charge is -2.44. The number of nitrogens with zero attached hydrogens (tertiary/aromatic N) is 5. The lowest BCUT2D eigenvalue weighted by molar-refractivity contribution is -0.125. The van der Waals surface area contributed by atoms with Gasteiger partial charge in [0, 0.05) is 42.6 Å². The van der Waals surface area contributed by atoms with Gasteiger partial charge in [0.15, 0.2) is 0 Å². The highest BCUT2D eigenvalue weighted by Crippen LogP contribution is 2.49. The van der Waals surface area contributed by atoms with Crippen LogP contribution in [0, 0.1) is 5.82 Å². The van der Waals surface area contributed by atoms with Crippen LogP contribution in [0.4, 0.5) is 10.1 Å². The van der Waals surface area contributed by atoms with Crippen molar-refractivity contribution in [2.75, 3.05) is 38.1 Å². The number of hydrogen-bond donors (Lipinski definition) is 0. The normalized spacial score (nSPS) is 22.4. The van der Waals surface area contributed by atoms with Gasteiger partial charge in [-0.2, -0.15) is 5.10 Å². The lowest BCUT2D eigenvalue weighted by Crippen LogP contribution is -2.54. The highest BCUT2D eigenvalue weighted by molar-refractivity contribution is 6.08. The summed E-state index contributed by atoms with van der Waals surface area (Å²) in [6, 6.07) is 14.0. The predicted molar refractivity (Wildman–Crippen MR) is 139 cm³/mol. The van der Waals surface area contributed by atoms with Crippen LogP contribution in [0.1, 0.15) is 36.8 Å². The number of amides is 1. The molecule has 2 aromatic carbocycles. The molecule has 7 heteroatoms. The zero-order valence-electron chi connectivity index (χ0n) is 21.2. The van der Waals surface area contributed by atoms with E-state index in [1.807, 2.05) is 42.4 Å². The Kier molecular flexibility index (Phi) is 5.92. The first-order chi connectivity index (χ1) is 17.4. The molecule has 1 atom stereocenters. The number of rotatable bonds is 4. The number of anilines is 1. The molecule has 1 unspecified atom stereocenters. The summed E-state index contributed by atoms with van der Waals surface area (Å²) in [5.41, 5.74) is 3.74. The Balaban J connectivity index is 1.24. The first-order valence-corrected chi connectivity index (χ1v) is 13.1. The summed E-state index contributed by atoms with van der Waals surface area (Å²) in [5.74, 6) is -0.168. The fraction of sp³-hybridized carbons (Fsp3) is 0.448. The Labute approximate surface area is 212 Å². The van der Waals surface area contributed by atoms with Gasteiger partial charge < -0.3 is 9.80 Å². The van der Waals surface area contributed by atoms with E-state index in [-0.39, 0.29) is 18.3 Å². The Morgan fingerprint density at radius 3 is 2.58 bits per heavy atom. The number of aromatic nitrogens is 2. The number of carbonyl (C=O) groups is 1. The molecule has 4 heterocycles.